The third-order valence-corrected chi connectivity index (χ3v) is 5.14. The fourth-order valence-corrected chi connectivity index (χ4v) is 2.91. The topological polar surface area (TPSA) is 63.2 Å². The molecular weight excluding hydrogens is 286 g/mol. The van der Waals surface area contributed by atoms with E-state index in [1.807, 2.05) is 0 Å². The predicted octanol–water partition coefficient (Wildman–Crippen LogP) is 3.78. The van der Waals surface area contributed by atoms with E-state index in [1.54, 1.807) is 19.1 Å². The Hall–Kier alpha value is -1.36. The van der Waals surface area contributed by atoms with Crippen LogP contribution in [-0.2, 0) is 14.6 Å². The molecule has 0 unspecified atom stereocenters. The van der Waals surface area contributed by atoms with Crippen LogP contribution in [0.2, 0.25) is 0 Å². The molecule has 0 fully saturated rings. The van der Waals surface area contributed by atoms with Crippen LogP contribution in [-0.4, -0.2) is 20.1 Å². The van der Waals surface area contributed by atoms with Gasteiger partial charge in [-0.1, -0.05) is 39.5 Å². The van der Waals surface area contributed by atoms with Gasteiger partial charge in [0.05, 0.1) is 10.6 Å². The fourth-order valence-electron chi connectivity index (χ4n) is 2.02. The summed E-state index contributed by atoms with van der Waals surface area (Å²) in [6, 6.07) is 6.35. The molecule has 1 rings (SSSR count). The second kappa shape index (κ2) is 8.82. The standard InChI is InChI=1S/C16H25NO3S/c1-3-5-6-7-8-9-16(18)17-14-10-12-15(13-11-14)21(19,20)4-2/h10-13H,3-9H2,1-2H3,(H,17,18). The van der Waals surface area contributed by atoms with Gasteiger partial charge in [0.1, 0.15) is 0 Å². The molecule has 1 N–H and O–H groups in total. The van der Waals surface area contributed by atoms with Crippen LogP contribution in [0.3, 0.4) is 0 Å². The van der Waals surface area contributed by atoms with Crippen LogP contribution in [0.25, 0.3) is 0 Å². The summed E-state index contributed by atoms with van der Waals surface area (Å²) in [6.07, 6.45) is 6.07. The smallest absolute Gasteiger partial charge is 0.224 e. The minimum atomic E-state index is -3.18. The first-order valence-electron chi connectivity index (χ1n) is 7.62. The van der Waals surface area contributed by atoms with Gasteiger partial charge in [0.15, 0.2) is 9.84 Å². The number of carbonyl (C=O) groups is 1. The van der Waals surface area contributed by atoms with Crippen LogP contribution < -0.4 is 5.32 Å². The second-order valence-electron chi connectivity index (χ2n) is 5.14. The summed E-state index contributed by atoms with van der Waals surface area (Å²) >= 11 is 0. The van der Waals surface area contributed by atoms with Crippen molar-refractivity contribution in [1.82, 2.24) is 0 Å². The molecule has 0 heterocycles. The van der Waals surface area contributed by atoms with E-state index < -0.39 is 9.84 Å². The maximum Gasteiger partial charge on any atom is 0.224 e. The monoisotopic (exact) mass is 311 g/mol. The van der Waals surface area contributed by atoms with Crippen LogP contribution in [0.1, 0.15) is 52.4 Å². The summed E-state index contributed by atoms with van der Waals surface area (Å²) in [6.45, 7) is 3.78. The molecule has 0 atom stereocenters. The molecule has 0 saturated carbocycles. The summed E-state index contributed by atoms with van der Waals surface area (Å²) in [5.74, 6) is 0.0637. The molecule has 1 aromatic carbocycles. The summed E-state index contributed by atoms with van der Waals surface area (Å²) < 4.78 is 23.3. The van der Waals surface area contributed by atoms with Gasteiger partial charge in [0.25, 0.3) is 0 Å². The Morgan fingerprint density at radius 1 is 1.00 bits per heavy atom. The molecule has 0 saturated heterocycles. The largest absolute Gasteiger partial charge is 0.326 e. The van der Waals surface area contributed by atoms with Crippen LogP contribution in [0.5, 0.6) is 0 Å². The Balaban J connectivity index is 2.43. The lowest BCUT2D eigenvalue weighted by Crippen LogP contribution is -2.11. The lowest BCUT2D eigenvalue weighted by Gasteiger charge is -2.06. The molecule has 0 bridgehead atoms. The van der Waals surface area contributed by atoms with Crippen molar-refractivity contribution in [2.45, 2.75) is 57.3 Å². The highest BCUT2D eigenvalue weighted by Gasteiger charge is 2.11. The average Bonchev–Trinajstić information content (AvgIpc) is 2.47. The number of hydrogen-bond donors (Lipinski definition) is 1. The van der Waals surface area contributed by atoms with Crippen molar-refractivity contribution >= 4 is 21.4 Å². The van der Waals surface area contributed by atoms with E-state index in [9.17, 15) is 13.2 Å². The second-order valence-corrected chi connectivity index (χ2v) is 7.42. The van der Waals surface area contributed by atoms with Gasteiger partial charge >= 0.3 is 0 Å². The Kier molecular flexibility index (Phi) is 7.43. The van der Waals surface area contributed by atoms with Gasteiger partial charge in [-0.2, -0.15) is 0 Å². The zero-order chi connectivity index (χ0) is 15.7. The van der Waals surface area contributed by atoms with E-state index in [4.69, 9.17) is 0 Å². The van der Waals surface area contributed by atoms with Crippen molar-refractivity contribution in [3.05, 3.63) is 24.3 Å². The molecule has 0 radical (unpaired) electrons. The Labute approximate surface area is 127 Å². The number of unbranched alkanes of at least 4 members (excludes halogenated alkanes) is 4. The predicted molar refractivity (Wildman–Crippen MR) is 86.2 cm³/mol. The van der Waals surface area contributed by atoms with Crippen molar-refractivity contribution < 1.29 is 13.2 Å². The minimum Gasteiger partial charge on any atom is -0.326 e. The zero-order valence-corrected chi connectivity index (χ0v) is 13.7. The quantitative estimate of drug-likeness (QED) is 0.706. The molecule has 21 heavy (non-hydrogen) atoms. The average molecular weight is 311 g/mol. The number of sulfone groups is 1. The number of rotatable bonds is 9. The maximum absolute atomic E-state index is 11.8. The van der Waals surface area contributed by atoms with Gasteiger partial charge in [0.2, 0.25) is 5.91 Å². The highest BCUT2D eigenvalue weighted by atomic mass is 32.2. The summed E-state index contributed by atoms with van der Waals surface area (Å²) in [5, 5.41) is 2.80. The molecule has 5 heteroatoms. The SMILES string of the molecule is CCCCCCCC(=O)Nc1ccc(S(=O)(=O)CC)cc1. The first kappa shape index (κ1) is 17.7. The van der Waals surface area contributed by atoms with E-state index in [0.717, 1.165) is 12.8 Å². The highest BCUT2D eigenvalue weighted by molar-refractivity contribution is 7.91. The number of nitrogens with one attached hydrogen (secondary N) is 1. The minimum absolute atomic E-state index is 0.0161. The molecule has 1 aromatic rings. The molecule has 0 aliphatic carbocycles. The summed E-state index contributed by atoms with van der Waals surface area (Å²) in [5.41, 5.74) is 0.642. The molecule has 0 spiro atoms. The van der Waals surface area contributed by atoms with Crippen molar-refractivity contribution in [3.8, 4) is 0 Å². The molecular formula is C16H25NO3S. The molecule has 4 nitrogen and oxygen atoms in total. The number of hydrogen-bond acceptors (Lipinski definition) is 3. The maximum atomic E-state index is 11.8. The van der Waals surface area contributed by atoms with Crippen molar-refractivity contribution in [3.63, 3.8) is 0 Å². The third-order valence-electron chi connectivity index (χ3n) is 3.38. The van der Waals surface area contributed by atoms with E-state index in [-0.39, 0.29) is 11.7 Å². The fraction of sp³-hybridized carbons (Fsp3) is 0.562. The number of amides is 1. The lowest BCUT2D eigenvalue weighted by atomic mass is 10.1. The van der Waals surface area contributed by atoms with E-state index in [1.165, 1.54) is 31.4 Å². The Morgan fingerprint density at radius 3 is 2.19 bits per heavy atom. The summed E-state index contributed by atoms with van der Waals surface area (Å²) in [7, 11) is -3.18. The van der Waals surface area contributed by atoms with E-state index >= 15 is 0 Å². The van der Waals surface area contributed by atoms with Gasteiger partial charge in [-0.15, -0.1) is 0 Å². The number of carbonyl (C=O) groups excluding carboxylic acids is 1. The molecule has 0 aliphatic heterocycles. The van der Waals surface area contributed by atoms with Crippen LogP contribution >= 0.6 is 0 Å². The van der Waals surface area contributed by atoms with Gasteiger partial charge in [0, 0.05) is 12.1 Å². The third kappa shape index (κ3) is 6.29. The van der Waals surface area contributed by atoms with Gasteiger partial charge < -0.3 is 5.32 Å². The van der Waals surface area contributed by atoms with Crippen molar-refractivity contribution in [2.75, 3.05) is 11.1 Å². The van der Waals surface area contributed by atoms with E-state index in [0.29, 0.717) is 17.0 Å². The molecule has 118 valence electrons. The van der Waals surface area contributed by atoms with Crippen LogP contribution in [0.15, 0.2) is 29.2 Å². The van der Waals surface area contributed by atoms with Gasteiger partial charge in [-0.05, 0) is 30.7 Å². The van der Waals surface area contributed by atoms with Gasteiger partial charge in [-0.25, -0.2) is 8.42 Å². The Bertz CT molecular complexity index is 535. The number of benzene rings is 1. The molecule has 0 aromatic heterocycles. The van der Waals surface area contributed by atoms with Crippen LogP contribution in [0, 0.1) is 0 Å². The Morgan fingerprint density at radius 2 is 1.62 bits per heavy atom. The van der Waals surface area contributed by atoms with Crippen molar-refractivity contribution in [2.24, 2.45) is 0 Å². The lowest BCUT2D eigenvalue weighted by molar-refractivity contribution is -0.116. The first-order valence-corrected chi connectivity index (χ1v) is 9.27. The summed E-state index contributed by atoms with van der Waals surface area (Å²) in [4.78, 5) is 12.0. The van der Waals surface area contributed by atoms with Crippen molar-refractivity contribution in [1.29, 1.82) is 0 Å². The highest BCUT2D eigenvalue weighted by Crippen LogP contribution is 2.16. The van der Waals surface area contributed by atoms with Crippen LogP contribution in [0.4, 0.5) is 5.69 Å². The first-order chi connectivity index (χ1) is 9.99. The van der Waals surface area contributed by atoms with E-state index in [2.05, 4.69) is 12.2 Å². The normalized spacial score (nSPS) is 11.3. The zero-order valence-electron chi connectivity index (χ0n) is 12.9. The number of anilines is 1. The van der Waals surface area contributed by atoms with Gasteiger partial charge in [-0.3, -0.25) is 4.79 Å². The molecule has 0 aliphatic rings. The molecule has 1 amide bonds.